The first-order chi connectivity index (χ1) is 11.8. The molecule has 1 aliphatic heterocycles. The van der Waals surface area contributed by atoms with E-state index in [0.29, 0.717) is 17.9 Å². The molecule has 4 nitrogen and oxygen atoms in total. The van der Waals surface area contributed by atoms with Gasteiger partial charge in [-0.05, 0) is 18.6 Å². The lowest BCUT2D eigenvalue weighted by atomic mass is 10.0. The fourth-order valence-electron chi connectivity index (χ4n) is 2.43. The fraction of sp³-hybridized carbons (Fsp3) is 0.200. The molecule has 0 N–H and O–H groups in total. The Morgan fingerprint density at radius 1 is 1.08 bits per heavy atom. The van der Waals surface area contributed by atoms with E-state index in [4.69, 9.17) is 9.57 Å². The van der Waals surface area contributed by atoms with Crippen molar-refractivity contribution in [3.05, 3.63) is 71.3 Å². The number of oxime groups is 1. The topological polar surface area (TPSA) is 47.9 Å². The van der Waals surface area contributed by atoms with Crippen molar-refractivity contribution in [1.82, 2.24) is 0 Å². The zero-order chi connectivity index (χ0) is 16.8. The first-order valence-electron chi connectivity index (χ1n) is 8.08. The second kappa shape index (κ2) is 7.59. The van der Waals surface area contributed by atoms with Gasteiger partial charge in [0.15, 0.2) is 0 Å². The van der Waals surface area contributed by atoms with E-state index in [1.54, 1.807) is 6.08 Å². The van der Waals surface area contributed by atoms with Gasteiger partial charge in [-0.25, -0.2) is 4.79 Å². The Hall–Kier alpha value is -2.88. The average molecular weight is 321 g/mol. The first-order valence-corrected chi connectivity index (χ1v) is 8.08. The predicted octanol–water partition coefficient (Wildman–Crippen LogP) is 4.21. The largest absolute Gasteiger partial charge is 0.493 e. The van der Waals surface area contributed by atoms with Crippen molar-refractivity contribution in [2.75, 3.05) is 6.61 Å². The molecule has 0 saturated carbocycles. The number of rotatable bonds is 6. The van der Waals surface area contributed by atoms with Crippen molar-refractivity contribution < 1.29 is 14.4 Å². The zero-order valence-electron chi connectivity index (χ0n) is 13.6. The minimum atomic E-state index is -0.447. The van der Waals surface area contributed by atoms with E-state index < -0.39 is 5.97 Å². The third kappa shape index (κ3) is 3.54. The Bertz CT molecular complexity index is 778. The normalized spacial score (nSPS) is 15.3. The Balaban J connectivity index is 1.92. The van der Waals surface area contributed by atoms with E-state index in [1.165, 1.54) is 0 Å². The number of unbranched alkanes of at least 4 members (excludes halogenated alkanes) is 1. The van der Waals surface area contributed by atoms with E-state index in [0.717, 1.165) is 29.7 Å². The molecule has 0 amide bonds. The predicted molar refractivity (Wildman–Crippen MR) is 93.9 cm³/mol. The Labute approximate surface area is 141 Å². The molecule has 1 heterocycles. The second-order valence-electron chi connectivity index (χ2n) is 5.48. The number of benzene rings is 2. The van der Waals surface area contributed by atoms with Gasteiger partial charge in [0.25, 0.3) is 0 Å². The molecule has 2 aromatic rings. The summed E-state index contributed by atoms with van der Waals surface area (Å²) in [5.74, 6) is 0.308. The number of carbonyl (C=O) groups is 1. The zero-order valence-corrected chi connectivity index (χ0v) is 13.6. The maximum atomic E-state index is 12.1. The highest BCUT2D eigenvalue weighted by atomic mass is 16.7. The van der Waals surface area contributed by atoms with Crippen LogP contribution in [0.3, 0.4) is 0 Å². The van der Waals surface area contributed by atoms with Crippen LogP contribution in [0.15, 0.2) is 65.3 Å². The smallest absolute Gasteiger partial charge is 0.368 e. The van der Waals surface area contributed by atoms with E-state index in [9.17, 15) is 4.79 Å². The SMILES string of the molecule is CCCCOc1ccccc1C=C1C(=O)ON=C1c1ccccc1. The summed E-state index contributed by atoms with van der Waals surface area (Å²) in [6, 6.07) is 17.2. The van der Waals surface area contributed by atoms with Crippen LogP contribution in [0.4, 0.5) is 0 Å². The molecule has 0 aromatic heterocycles. The fourth-order valence-corrected chi connectivity index (χ4v) is 2.43. The van der Waals surface area contributed by atoms with Gasteiger partial charge >= 0.3 is 5.97 Å². The van der Waals surface area contributed by atoms with Crippen molar-refractivity contribution >= 4 is 17.8 Å². The lowest BCUT2D eigenvalue weighted by Crippen LogP contribution is -2.07. The molecule has 0 unspecified atom stereocenters. The molecule has 0 spiro atoms. The number of ether oxygens (including phenoxy) is 1. The van der Waals surface area contributed by atoms with Gasteiger partial charge in [-0.1, -0.05) is 67.0 Å². The molecule has 122 valence electrons. The minimum absolute atomic E-state index is 0.438. The molecule has 0 atom stereocenters. The van der Waals surface area contributed by atoms with Crippen LogP contribution in [0.25, 0.3) is 6.08 Å². The Morgan fingerprint density at radius 2 is 1.83 bits per heavy atom. The molecule has 0 aliphatic carbocycles. The van der Waals surface area contributed by atoms with Gasteiger partial charge in [-0.2, -0.15) is 0 Å². The summed E-state index contributed by atoms with van der Waals surface area (Å²) in [4.78, 5) is 17.0. The highest BCUT2D eigenvalue weighted by molar-refractivity contribution is 6.31. The summed E-state index contributed by atoms with van der Waals surface area (Å²) < 4.78 is 5.83. The third-order valence-corrected chi connectivity index (χ3v) is 3.72. The number of hydrogen-bond donors (Lipinski definition) is 0. The first kappa shape index (κ1) is 16.0. The van der Waals surface area contributed by atoms with Crippen LogP contribution in [-0.4, -0.2) is 18.3 Å². The van der Waals surface area contributed by atoms with Crippen molar-refractivity contribution in [2.45, 2.75) is 19.8 Å². The van der Waals surface area contributed by atoms with Gasteiger partial charge in [-0.3, -0.25) is 0 Å². The van der Waals surface area contributed by atoms with Crippen LogP contribution >= 0.6 is 0 Å². The average Bonchev–Trinajstić information content (AvgIpc) is 2.98. The molecule has 1 aliphatic rings. The van der Waals surface area contributed by atoms with Crippen LogP contribution in [-0.2, 0) is 9.63 Å². The Morgan fingerprint density at radius 3 is 2.62 bits per heavy atom. The van der Waals surface area contributed by atoms with Gasteiger partial charge in [0.1, 0.15) is 11.5 Å². The van der Waals surface area contributed by atoms with Crippen molar-refractivity contribution in [3.8, 4) is 5.75 Å². The molecule has 0 radical (unpaired) electrons. The van der Waals surface area contributed by atoms with Gasteiger partial charge < -0.3 is 9.57 Å². The summed E-state index contributed by atoms with van der Waals surface area (Å²) >= 11 is 0. The lowest BCUT2D eigenvalue weighted by Gasteiger charge is -2.09. The molecular formula is C20H19NO3. The van der Waals surface area contributed by atoms with Crippen molar-refractivity contribution in [3.63, 3.8) is 0 Å². The standard InChI is InChI=1S/C20H19NO3/c1-2-3-13-23-18-12-8-7-11-16(18)14-17-19(21-24-20(17)22)15-9-5-4-6-10-15/h4-12,14H,2-3,13H2,1H3. The monoisotopic (exact) mass is 321 g/mol. The highest BCUT2D eigenvalue weighted by Crippen LogP contribution is 2.25. The lowest BCUT2D eigenvalue weighted by molar-refractivity contribution is -0.136. The van der Waals surface area contributed by atoms with Crippen LogP contribution in [0, 0.1) is 0 Å². The van der Waals surface area contributed by atoms with E-state index in [-0.39, 0.29) is 0 Å². The molecule has 4 heteroatoms. The molecular weight excluding hydrogens is 302 g/mol. The quantitative estimate of drug-likeness (QED) is 0.455. The number of hydrogen-bond acceptors (Lipinski definition) is 4. The maximum absolute atomic E-state index is 12.1. The van der Waals surface area contributed by atoms with Crippen LogP contribution in [0.5, 0.6) is 5.75 Å². The summed E-state index contributed by atoms with van der Waals surface area (Å²) in [5, 5.41) is 3.93. The third-order valence-electron chi connectivity index (χ3n) is 3.72. The van der Waals surface area contributed by atoms with Crippen LogP contribution in [0.2, 0.25) is 0 Å². The summed E-state index contributed by atoms with van der Waals surface area (Å²) in [6.45, 7) is 2.77. The van der Waals surface area contributed by atoms with Gasteiger partial charge in [-0.15, -0.1) is 0 Å². The van der Waals surface area contributed by atoms with E-state index in [2.05, 4.69) is 12.1 Å². The maximum Gasteiger partial charge on any atom is 0.368 e. The number of para-hydroxylation sites is 1. The molecule has 0 saturated heterocycles. The number of nitrogens with zero attached hydrogens (tertiary/aromatic N) is 1. The van der Waals surface area contributed by atoms with E-state index >= 15 is 0 Å². The molecule has 0 bridgehead atoms. The van der Waals surface area contributed by atoms with Crippen molar-refractivity contribution in [2.24, 2.45) is 5.16 Å². The van der Waals surface area contributed by atoms with Crippen molar-refractivity contribution in [1.29, 1.82) is 0 Å². The molecule has 0 fully saturated rings. The number of carbonyl (C=O) groups excluding carboxylic acids is 1. The summed E-state index contributed by atoms with van der Waals surface area (Å²) in [7, 11) is 0. The highest BCUT2D eigenvalue weighted by Gasteiger charge is 2.27. The minimum Gasteiger partial charge on any atom is -0.493 e. The summed E-state index contributed by atoms with van der Waals surface area (Å²) in [5.41, 5.74) is 2.67. The Kier molecular flexibility index (Phi) is 5.06. The van der Waals surface area contributed by atoms with Gasteiger partial charge in [0.2, 0.25) is 0 Å². The molecule has 24 heavy (non-hydrogen) atoms. The van der Waals surface area contributed by atoms with Crippen LogP contribution < -0.4 is 4.74 Å². The molecule has 3 rings (SSSR count). The summed E-state index contributed by atoms with van der Waals surface area (Å²) in [6.07, 6.45) is 3.84. The molecule has 2 aromatic carbocycles. The van der Waals surface area contributed by atoms with Crippen LogP contribution in [0.1, 0.15) is 30.9 Å². The second-order valence-corrected chi connectivity index (χ2v) is 5.48. The van der Waals surface area contributed by atoms with Gasteiger partial charge in [0, 0.05) is 11.1 Å². The van der Waals surface area contributed by atoms with E-state index in [1.807, 2.05) is 54.6 Å². The van der Waals surface area contributed by atoms with Gasteiger partial charge in [0.05, 0.1) is 12.2 Å².